The van der Waals surface area contributed by atoms with Crippen molar-refractivity contribution >= 4 is 17.2 Å². The molecule has 1 spiro atoms. The number of aromatic nitrogens is 1. The molecule has 2 aliphatic heterocycles. The molecule has 1 aromatic heterocycles. The zero-order valence-corrected chi connectivity index (χ0v) is 18.1. The third-order valence-electron chi connectivity index (χ3n) is 6.46. The minimum atomic E-state index is 0.179. The molecule has 0 saturated carbocycles. The van der Waals surface area contributed by atoms with Gasteiger partial charge in [0.05, 0.1) is 11.2 Å². The number of carbonyl (C=O) groups is 1. The largest absolute Gasteiger partial charge is 0.337 e. The Morgan fingerprint density at radius 3 is 2.64 bits per heavy atom. The van der Waals surface area contributed by atoms with Gasteiger partial charge in [-0.15, -0.1) is 11.3 Å². The molecular weight excluding hydrogens is 366 g/mol. The standard InChI is InChI=1S/C23H31N3OS/c1-17(2)20-7-5-19(6-8-20)13-25-11-4-9-23(14-25)10-12-26(15-23)22(27)21-18(3)24-16-28-21/h5-8,16-17H,4,9-15H2,1-3H3/t23-/m1/s1. The first-order chi connectivity index (χ1) is 13.5. The van der Waals surface area contributed by atoms with Crippen molar-refractivity contribution in [1.29, 1.82) is 0 Å². The highest BCUT2D eigenvalue weighted by Crippen LogP contribution is 2.40. The van der Waals surface area contributed by atoms with Crippen molar-refractivity contribution in [1.82, 2.24) is 14.8 Å². The molecule has 0 N–H and O–H groups in total. The molecule has 0 unspecified atom stereocenters. The average Bonchev–Trinajstić information content (AvgIpc) is 3.28. The fourth-order valence-corrected chi connectivity index (χ4v) is 5.57. The van der Waals surface area contributed by atoms with E-state index in [1.165, 1.54) is 35.3 Å². The first-order valence-corrected chi connectivity index (χ1v) is 11.3. The normalized spacial score (nSPS) is 23.1. The minimum absolute atomic E-state index is 0.179. The first kappa shape index (κ1) is 19.6. The zero-order chi connectivity index (χ0) is 19.7. The van der Waals surface area contributed by atoms with Crippen molar-refractivity contribution in [3.63, 3.8) is 0 Å². The van der Waals surface area contributed by atoms with Gasteiger partial charge in [-0.2, -0.15) is 0 Å². The molecule has 3 heterocycles. The Labute approximate surface area is 172 Å². The van der Waals surface area contributed by atoms with E-state index < -0.39 is 0 Å². The highest BCUT2D eigenvalue weighted by Gasteiger charge is 2.43. The Bertz CT molecular complexity index is 829. The molecule has 0 aliphatic carbocycles. The minimum Gasteiger partial charge on any atom is -0.337 e. The maximum absolute atomic E-state index is 12.9. The van der Waals surface area contributed by atoms with Crippen LogP contribution in [0.3, 0.4) is 0 Å². The number of nitrogens with zero attached hydrogens (tertiary/aromatic N) is 3. The summed E-state index contributed by atoms with van der Waals surface area (Å²) in [6.07, 6.45) is 3.59. The van der Waals surface area contributed by atoms with Crippen LogP contribution < -0.4 is 0 Å². The highest BCUT2D eigenvalue weighted by molar-refractivity contribution is 7.11. The van der Waals surface area contributed by atoms with Crippen LogP contribution in [-0.2, 0) is 6.54 Å². The fraction of sp³-hybridized carbons (Fsp3) is 0.565. The van der Waals surface area contributed by atoms with E-state index in [0.717, 1.165) is 49.7 Å². The molecule has 5 heteroatoms. The van der Waals surface area contributed by atoms with Gasteiger partial charge < -0.3 is 4.90 Å². The molecule has 2 aromatic rings. The third-order valence-corrected chi connectivity index (χ3v) is 7.37. The Hall–Kier alpha value is -1.72. The number of rotatable bonds is 4. The van der Waals surface area contributed by atoms with Gasteiger partial charge in [0.25, 0.3) is 5.91 Å². The molecule has 1 aromatic carbocycles. The monoisotopic (exact) mass is 397 g/mol. The van der Waals surface area contributed by atoms with E-state index in [-0.39, 0.29) is 11.3 Å². The number of hydrogen-bond acceptors (Lipinski definition) is 4. The van der Waals surface area contributed by atoms with Gasteiger partial charge in [0.1, 0.15) is 4.88 Å². The molecule has 150 valence electrons. The van der Waals surface area contributed by atoms with Crippen LogP contribution in [0.15, 0.2) is 29.8 Å². The molecule has 2 saturated heterocycles. The Kier molecular flexibility index (Phi) is 5.57. The van der Waals surface area contributed by atoms with E-state index in [0.29, 0.717) is 5.92 Å². The quantitative estimate of drug-likeness (QED) is 0.750. The fourth-order valence-electron chi connectivity index (χ4n) is 4.80. The summed E-state index contributed by atoms with van der Waals surface area (Å²) in [4.78, 5) is 22.6. The summed E-state index contributed by atoms with van der Waals surface area (Å²) in [6, 6.07) is 9.11. The summed E-state index contributed by atoms with van der Waals surface area (Å²) >= 11 is 1.47. The van der Waals surface area contributed by atoms with Crippen molar-refractivity contribution in [2.75, 3.05) is 26.2 Å². The van der Waals surface area contributed by atoms with Gasteiger partial charge in [-0.3, -0.25) is 9.69 Å². The van der Waals surface area contributed by atoms with Crippen LogP contribution >= 0.6 is 11.3 Å². The summed E-state index contributed by atoms with van der Waals surface area (Å²) in [5.74, 6) is 0.759. The molecule has 1 amide bonds. The second-order valence-corrected chi connectivity index (χ2v) is 9.81. The SMILES string of the molecule is Cc1ncsc1C(=O)N1CC[C@@]2(CCCN(Cc3ccc(C(C)C)cc3)C2)C1. The van der Waals surface area contributed by atoms with Gasteiger partial charge in [0, 0.05) is 31.6 Å². The van der Waals surface area contributed by atoms with E-state index in [1.807, 2.05) is 6.92 Å². The number of likely N-dealkylation sites (tertiary alicyclic amines) is 2. The van der Waals surface area contributed by atoms with Gasteiger partial charge in [-0.1, -0.05) is 38.1 Å². The summed E-state index contributed by atoms with van der Waals surface area (Å²) < 4.78 is 0. The maximum atomic E-state index is 12.9. The molecule has 1 atom stereocenters. The molecule has 2 aliphatic rings. The summed E-state index contributed by atoms with van der Waals surface area (Å²) in [5, 5.41) is 0. The second-order valence-electron chi connectivity index (χ2n) is 8.95. The van der Waals surface area contributed by atoms with Crippen LogP contribution in [0.2, 0.25) is 0 Å². The second kappa shape index (κ2) is 7.96. The van der Waals surface area contributed by atoms with Gasteiger partial charge in [-0.05, 0) is 49.8 Å². The van der Waals surface area contributed by atoms with Crippen molar-refractivity contribution in [3.05, 3.63) is 51.5 Å². The molecule has 4 nitrogen and oxygen atoms in total. The number of amides is 1. The summed E-state index contributed by atoms with van der Waals surface area (Å²) in [6.45, 7) is 11.5. The van der Waals surface area contributed by atoms with Gasteiger partial charge in [0.2, 0.25) is 0 Å². The van der Waals surface area contributed by atoms with Crippen LogP contribution in [0.25, 0.3) is 0 Å². The Morgan fingerprint density at radius 2 is 1.96 bits per heavy atom. The van der Waals surface area contributed by atoms with E-state index >= 15 is 0 Å². The predicted molar refractivity (Wildman–Crippen MR) is 115 cm³/mol. The lowest BCUT2D eigenvalue weighted by Gasteiger charge is -2.40. The van der Waals surface area contributed by atoms with E-state index in [1.54, 1.807) is 5.51 Å². The van der Waals surface area contributed by atoms with Gasteiger partial charge >= 0.3 is 0 Å². The smallest absolute Gasteiger partial charge is 0.265 e. The Balaban J connectivity index is 1.39. The van der Waals surface area contributed by atoms with E-state index in [9.17, 15) is 4.79 Å². The summed E-state index contributed by atoms with van der Waals surface area (Å²) in [5.41, 5.74) is 5.71. The lowest BCUT2D eigenvalue weighted by atomic mass is 9.79. The maximum Gasteiger partial charge on any atom is 0.265 e. The first-order valence-electron chi connectivity index (χ1n) is 10.5. The van der Waals surface area contributed by atoms with Crippen molar-refractivity contribution in [3.8, 4) is 0 Å². The van der Waals surface area contributed by atoms with E-state index in [2.05, 4.69) is 52.9 Å². The van der Waals surface area contributed by atoms with Crippen LogP contribution in [0.4, 0.5) is 0 Å². The molecule has 4 rings (SSSR count). The molecular formula is C23H31N3OS. The lowest BCUT2D eigenvalue weighted by molar-refractivity contribution is 0.0678. The topological polar surface area (TPSA) is 36.4 Å². The third kappa shape index (κ3) is 4.01. The van der Waals surface area contributed by atoms with Gasteiger partial charge in [-0.25, -0.2) is 4.98 Å². The highest BCUT2D eigenvalue weighted by atomic mass is 32.1. The summed E-state index contributed by atoms with van der Waals surface area (Å²) in [7, 11) is 0. The molecule has 0 bridgehead atoms. The van der Waals surface area contributed by atoms with Gasteiger partial charge in [0.15, 0.2) is 0 Å². The number of carbonyl (C=O) groups excluding carboxylic acids is 1. The van der Waals surface area contributed by atoms with Crippen LogP contribution in [0.5, 0.6) is 0 Å². The number of thiazole rings is 1. The molecule has 0 radical (unpaired) electrons. The number of hydrogen-bond donors (Lipinski definition) is 0. The predicted octanol–water partition coefficient (Wildman–Crippen LogP) is 4.70. The number of piperidine rings is 1. The lowest BCUT2D eigenvalue weighted by Crippen LogP contribution is -2.45. The average molecular weight is 398 g/mol. The van der Waals surface area contributed by atoms with Crippen LogP contribution in [-0.4, -0.2) is 46.9 Å². The van der Waals surface area contributed by atoms with Crippen molar-refractivity contribution in [2.24, 2.45) is 5.41 Å². The van der Waals surface area contributed by atoms with Crippen LogP contribution in [0, 0.1) is 12.3 Å². The van der Waals surface area contributed by atoms with Crippen molar-refractivity contribution in [2.45, 2.75) is 52.5 Å². The Morgan fingerprint density at radius 1 is 1.18 bits per heavy atom. The zero-order valence-electron chi connectivity index (χ0n) is 17.3. The van der Waals surface area contributed by atoms with Crippen LogP contribution in [0.1, 0.15) is 65.5 Å². The van der Waals surface area contributed by atoms with E-state index in [4.69, 9.17) is 0 Å². The van der Waals surface area contributed by atoms with Crippen molar-refractivity contribution < 1.29 is 4.79 Å². The number of benzene rings is 1. The number of aryl methyl sites for hydroxylation is 1. The molecule has 28 heavy (non-hydrogen) atoms. The molecule has 2 fully saturated rings.